The second-order valence-electron chi connectivity index (χ2n) is 3.78. The number of hydrogen-bond acceptors (Lipinski definition) is 2. The average Bonchev–Trinajstić information content (AvgIpc) is 2.11. The first-order chi connectivity index (χ1) is 5.64. The van der Waals surface area contributed by atoms with Gasteiger partial charge in [0.1, 0.15) is 4.75 Å². The Morgan fingerprint density at radius 1 is 1.75 bits per heavy atom. The standard InChI is InChI=1S/C10H17NS/c1-4-9(3)12-10(7-11)6-5-8(10)2/h8-9H,4-6H2,1-3H3. The normalized spacial score (nSPS) is 36.7. The average molecular weight is 183 g/mol. The molecular formula is C10H17NS. The lowest BCUT2D eigenvalue weighted by Gasteiger charge is -2.43. The Labute approximate surface area is 79.5 Å². The third-order valence-corrected chi connectivity index (χ3v) is 4.77. The van der Waals surface area contributed by atoms with Gasteiger partial charge in [0.05, 0.1) is 6.07 Å². The molecule has 0 aliphatic heterocycles. The second-order valence-corrected chi connectivity index (χ2v) is 5.55. The summed E-state index contributed by atoms with van der Waals surface area (Å²) < 4.78 is -0.0323. The molecule has 2 heteroatoms. The SMILES string of the molecule is CCC(C)SC1(C#N)CCC1C. The van der Waals surface area contributed by atoms with Crippen LogP contribution >= 0.6 is 11.8 Å². The number of nitriles is 1. The molecule has 0 heterocycles. The van der Waals surface area contributed by atoms with Crippen molar-refractivity contribution in [2.75, 3.05) is 0 Å². The van der Waals surface area contributed by atoms with Crippen LogP contribution in [0.1, 0.15) is 40.0 Å². The molecule has 1 aliphatic rings. The highest BCUT2D eigenvalue weighted by Crippen LogP contribution is 2.50. The molecule has 0 N–H and O–H groups in total. The summed E-state index contributed by atoms with van der Waals surface area (Å²) in [4.78, 5) is 0. The summed E-state index contributed by atoms with van der Waals surface area (Å²) >= 11 is 1.88. The monoisotopic (exact) mass is 183 g/mol. The minimum Gasteiger partial charge on any atom is -0.197 e. The van der Waals surface area contributed by atoms with E-state index in [1.165, 1.54) is 12.8 Å². The smallest absolute Gasteiger partial charge is 0.105 e. The van der Waals surface area contributed by atoms with Gasteiger partial charge in [0.2, 0.25) is 0 Å². The highest BCUT2D eigenvalue weighted by molar-refractivity contribution is 8.01. The molecule has 0 amide bonds. The van der Waals surface area contributed by atoms with Crippen LogP contribution in [0.2, 0.25) is 0 Å². The van der Waals surface area contributed by atoms with E-state index in [1.54, 1.807) is 0 Å². The Balaban J connectivity index is 2.53. The van der Waals surface area contributed by atoms with Crippen molar-refractivity contribution >= 4 is 11.8 Å². The molecule has 0 spiro atoms. The molecular weight excluding hydrogens is 166 g/mol. The Bertz CT molecular complexity index is 197. The minimum atomic E-state index is -0.0323. The molecule has 1 rings (SSSR count). The minimum absolute atomic E-state index is 0.0323. The lowest BCUT2D eigenvalue weighted by atomic mass is 9.75. The van der Waals surface area contributed by atoms with Crippen molar-refractivity contribution in [3.8, 4) is 6.07 Å². The molecule has 3 unspecified atom stereocenters. The number of rotatable bonds is 3. The Morgan fingerprint density at radius 2 is 2.42 bits per heavy atom. The van der Waals surface area contributed by atoms with Crippen LogP contribution in [0.25, 0.3) is 0 Å². The molecule has 68 valence electrons. The van der Waals surface area contributed by atoms with Crippen molar-refractivity contribution in [1.29, 1.82) is 5.26 Å². The molecule has 12 heavy (non-hydrogen) atoms. The number of thioether (sulfide) groups is 1. The van der Waals surface area contributed by atoms with Crippen LogP contribution in [0.4, 0.5) is 0 Å². The lowest BCUT2D eigenvalue weighted by Crippen LogP contribution is -2.42. The van der Waals surface area contributed by atoms with E-state index in [1.807, 2.05) is 11.8 Å². The van der Waals surface area contributed by atoms with Crippen LogP contribution in [-0.4, -0.2) is 10.00 Å². The van der Waals surface area contributed by atoms with Gasteiger partial charge in [0, 0.05) is 5.25 Å². The molecule has 0 aromatic carbocycles. The highest BCUT2D eigenvalue weighted by atomic mass is 32.2. The van der Waals surface area contributed by atoms with Crippen LogP contribution in [0.3, 0.4) is 0 Å². The fraction of sp³-hybridized carbons (Fsp3) is 0.900. The summed E-state index contributed by atoms with van der Waals surface area (Å²) in [5.74, 6) is 0.599. The van der Waals surface area contributed by atoms with Gasteiger partial charge in [0.25, 0.3) is 0 Å². The second kappa shape index (κ2) is 3.70. The van der Waals surface area contributed by atoms with E-state index in [0.29, 0.717) is 11.2 Å². The van der Waals surface area contributed by atoms with E-state index in [4.69, 9.17) is 5.26 Å². The van der Waals surface area contributed by atoms with Crippen molar-refractivity contribution < 1.29 is 0 Å². The van der Waals surface area contributed by atoms with Crippen molar-refractivity contribution in [1.82, 2.24) is 0 Å². The molecule has 0 saturated heterocycles. The van der Waals surface area contributed by atoms with E-state index in [0.717, 1.165) is 6.42 Å². The quantitative estimate of drug-likeness (QED) is 0.671. The maximum atomic E-state index is 9.08. The van der Waals surface area contributed by atoms with Crippen molar-refractivity contribution in [3.63, 3.8) is 0 Å². The first kappa shape index (κ1) is 9.92. The highest BCUT2D eigenvalue weighted by Gasteiger charge is 2.45. The molecule has 0 aromatic heterocycles. The van der Waals surface area contributed by atoms with Crippen LogP contribution in [0, 0.1) is 17.2 Å². The fourth-order valence-electron chi connectivity index (χ4n) is 1.51. The number of hydrogen-bond donors (Lipinski definition) is 0. The van der Waals surface area contributed by atoms with Crippen molar-refractivity contribution in [2.24, 2.45) is 5.92 Å². The largest absolute Gasteiger partial charge is 0.197 e. The number of nitrogens with zero attached hydrogens (tertiary/aromatic N) is 1. The third-order valence-electron chi connectivity index (χ3n) is 2.92. The molecule has 1 aliphatic carbocycles. The zero-order valence-electron chi connectivity index (χ0n) is 8.13. The van der Waals surface area contributed by atoms with E-state index in [-0.39, 0.29) is 4.75 Å². The fourth-order valence-corrected chi connectivity index (χ4v) is 3.03. The molecule has 1 saturated carbocycles. The third kappa shape index (κ3) is 1.61. The van der Waals surface area contributed by atoms with Gasteiger partial charge in [-0.2, -0.15) is 5.26 Å². The first-order valence-corrected chi connectivity index (χ1v) is 5.61. The van der Waals surface area contributed by atoms with Crippen LogP contribution in [0.5, 0.6) is 0 Å². The summed E-state index contributed by atoms with van der Waals surface area (Å²) in [5.41, 5.74) is 0. The van der Waals surface area contributed by atoms with E-state index in [2.05, 4.69) is 26.8 Å². The van der Waals surface area contributed by atoms with Crippen LogP contribution < -0.4 is 0 Å². The zero-order chi connectivity index (χ0) is 9.19. The molecule has 0 bridgehead atoms. The molecule has 3 atom stereocenters. The van der Waals surface area contributed by atoms with Gasteiger partial charge >= 0.3 is 0 Å². The Kier molecular flexibility index (Phi) is 3.06. The van der Waals surface area contributed by atoms with Gasteiger partial charge in [-0.1, -0.05) is 20.8 Å². The maximum Gasteiger partial charge on any atom is 0.105 e. The summed E-state index contributed by atoms with van der Waals surface area (Å²) in [6, 6.07) is 2.49. The molecule has 1 nitrogen and oxygen atoms in total. The lowest BCUT2D eigenvalue weighted by molar-refractivity contribution is 0.296. The van der Waals surface area contributed by atoms with Gasteiger partial charge < -0.3 is 0 Å². The van der Waals surface area contributed by atoms with Gasteiger partial charge in [-0.05, 0) is 25.2 Å². The Hall–Kier alpha value is -0.160. The molecule has 0 radical (unpaired) electrons. The molecule has 0 aromatic rings. The summed E-state index contributed by atoms with van der Waals surface area (Å²) in [6.45, 7) is 6.60. The van der Waals surface area contributed by atoms with Gasteiger partial charge in [-0.15, -0.1) is 11.8 Å². The maximum absolute atomic E-state index is 9.08. The van der Waals surface area contributed by atoms with Gasteiger partial charge in [0.15, 0.2) is 0 Å². The zero-order valence-corrected chi connectivity index (χ0v) is 8.95. The van der Waals surface area contributed by atoms with E-state index >= 15 is 0 Å². The van der Waals surface area contributed by atoms with Crippen molar-refractivity contribution in [3.05, 3.63) is 0 Å². The predicted molar refractivity (Wildman–Crippen MR) is 54.1 cm³/mol. The van der Waals surface area contributed by atoms with Gasteiger partial charge in [-0.3, -0.25) is 0 Å². The topological polar surface area (TPSA) is 23.8 Å². The Morgan fingerprint density at radius 3 is 2.67 bits per heavy atom. The predicted octanol–water partition coefficient (Wildman–Crippen LogP) is 3.21. The molecule has 1 fully saturated rings. The van der Waals surface area contributed by atoms with E-state index in [9.17, 15) is 0 Å². The van der Waals surface area contributed by atoms with Crippen molar-refractivity contribution in [2.45, 2.75) is 50.0 Å². The summed E-state index contributed by atoms with van der Waals surface area (Å²) in [6.07, 6.45) is 3.50. The summed E-state index contributed by atoms with van der Waals surface area (Å²) in [7, 11) is 0. The first-order valence-electron chi connectivity index (χ1n) is 4.73. The van der Waals surface area contributed by atoms with Crippen LogP contribution in [-0.2, 0) is 0 Å². The van der Waals surface area contributed by atoms with Gasteiger partial charge in [-0.25, -0.2) is 0 Å². The van der Waals surface area contributed by atoms with E-state index < -0.39 is 0 Å². The van der Waals surface area contributed by atoms with Crippen LogP contribution in [0.15, 0.2) is 0 Å². The summed E-state index contributed by atoms with van der Waals surface area (Å²) in [5, 5.41) is 9.71.